The van der Waals surface area contributed by atoms with Gasteiger partial charge >= 0.3 is 0 Å². The molecule has 1 spiro atoms. The van der Waals surface area contributed by atoms with Crippen molar-refractivity contribution in [2.75, 3.05) is 33.3 Å². The highest BCUT2D eigenvalue weighted by atomic mass is 16.5. The number of methoxy groups -OCH3 is 1. The maximum atomic E-state index is 5.30. The first-order chi connectivity index (χ1) is 15.2. The average Bonchev–Trinajstić information content (AvgIpc) is 3.27. The van der Waals surface area contributed by atoms with Crippen molar-refractivity contribution in [3.8, 4) is 17.0 Å². The molecule has 0 N–H and O–H groups in total. The maximum Gasteiger partial charge on any atom is 0.129 e. The number of piperidine rings is 1. The van der Waals surface area contributed by atoms with Gasteiger partial charge in [0.1, 0.15) is 11.6 Å². The Balaban J connectivity index is 1.37. The van der Waals surface area contributed by atoms with Crippen LogP contribution in [0.5, 0.6) is 5.75 Å². The minimum atomic E-state index is 0.0520. The fourth-order valence-electron chi connectivity index (χ4n) is 5.46. The summed E-state index contributed by atoms with van der Waals surface area (Å²) in [7, 11) is 1.72. The zero-order valence-electron chi connectivity index (χ0n) is 18.6. The largest absolute Gasteiger partial charge is 0.497 e. The summed E-state index contributed by atoms with van der Waals surface area (Å²) in [6.45, 7) is 8.67. The first kappa shape index (κ1) is 20.3. The summed E-state index contributed by atoms with van der Waals surface area (Å²) in [6.07, 6.45) is 4.35. The number of aromatic nitrogens is 2. The van der Waals surface area contributed by atoms with Gasteiger partial charge < -0.3 is 9.30 Å². The lowest BCUT2D eigenvalue weighted by Crippen LogP contribution is -2.57. The van der Waals surface area contributed by atoms with Crippen molar-refractivity contribution in [2.45, 2.75) is 38.4 Å². The summed E-state index contributed by atoms with van der Waals surface area (Å²) >= 11 is 0. The molecule has 0 atom stereocenters. The minimum absolute atomic E-state index is 0.0520. The van der Waals surface area contributed by atoms with Crippen molar-refractivity contribution in [3.63, 3.8) is 0 Å². The lowest BCUT2D eigenvalue weighted by Gasteiger charge is -2.51. The Morgan fingerprint density at radius 2 is 1.68 bits per heavy atom. The third kappa shape index (κ3) is 3.66. The second kappa shape index (κ2) is 8.48. The molecule has 2 aliphatic rings. The quantitative estimate of drug-likeness (QED) is 0.618. The third-order valence-corrected chi connectivity index (χ3v) is 7.17. The zero-order valence-corrected chi connectivity index (χ0v) is 18.6. The predicted molar refractivity (Wildman–Crippen MR) is 124 cm³/mol. The van der Waals surface area contributed by atoms with E-state index in [9.17, 15) is 0 Å². The smallest absolute Gasteiger partial charge is 0.129 e. The topological polar surface area (TPSA) is 33.5 Å². The lowest BCUT2D eigenvalue weighted by molar-refractivity contribution is -0.00772. The highest BCUT2D eigenvalue weighted by Gasteiger charge is 2.46. The van der Waals surface area contributed by atoms with Crippen molar-refractivity contribution in [1.29, 1.82) is 0 Å². The number of hydrogen-bond acceptors (Lipinski definition) is 4. The van der Waals surface area contributed by atoms with Gasteiger partial charge in [-0.15, -0.1) is 0 Å². The Labute approximate surface area is 185 Å². The average molecular weight is 417 g/mol. The van der Waals surface area contributed by atoms with Gasteiger partial charge in [-0.3, -0.25) is 9.80 Å². The molecule has 2 aromatic carbocycles. The van der Waals surface area contributed by atoms with Crippen molar-refractivity contribution < 1.29 is 4.74 Å². The number of nitrogens with zero attached hydrogens (tertiary/aromatic N) is 4. The highest BCUT2D eigenvalue weighted by molar-refractivity contribution is 5.59. The standard InChI is InChI=1S/C26H32N4O/c1-3-29-17-18-30-24(22-7-5-4-6-8-22)19-27-25(30)26(29)13-15-28(16-14-26)20-21-9-11-23(31-2)12-10-21/h4-12,19H,3,13-18,20H2,1-2H3. The molecule has 3 heterocycles. The molecule has 3 aromatic rings. The molecule has 0 saturated carbocycles. The molecule has 0 radical (unpaired) electrons. The van der Waals surface area contributed by atoms with Crippen LogP contribution in [-0.4, -0.2) is 52.6 Å². The van der Waals surface area contributed by atoms with Gasteiger partial charge in [0.05, 0.1) is 24.5 Å². The molecule has 5 nitrogen and oxygen atoms in total. The van der Waals surface area contributed by atoms with Gasteiger partial charge in [0.2, 0.25) is 0 Å². The van der Waals surface area contributed by atoms with Crippen molar-refractivity contribution >= 4 is 0 Å². The van der Waals surface area contributed by atoms with Crippen molar-refractivity contribution in [2.24, 2.45) is 0 Å². The lowest BCUT2D eigenvalue weighted by atomic mass is 9.83. The number of benzene rings is 2. The van der Waals surface area contributed by atoms with Crippen LogP contribution < -0.4 is 4.74 Å². The first-order valence-corrected chi connectivity index (χ1v) is 11.5. The van der Waals surface area contributed by atoms with E-state index in [0.717, 1.165) is 57.9 Å². The normalized spacial score (nSPS) is 18.8. The Bertz CT molecular complexity index is 1000. The summed E-state index contributed by atoms with van der Waals surface area (Å²) in [5.74, 6) is 2.19. The van der Waals surface area contributed by atoms with E-state index >= 15 is 0 Å². The van der Waals surface area contributed by atoms with Gasteiger partial charge in [0.15, 0.2) is 0 Å². The van der Waals surface area contributed by atoms with E-state index in [1.165, 1.54) is 22.6 Å². The van der Waals surface area contributed by atoms with E-state index in [1.807, 2.05) is 0 Å². The summed E-state index contributed by atoms with van der Waals surface area (Å²) < 4.78 is 7.78. The fraction of sp³-hybridized carbons (Fsp3) is 0.423. The van der Waals surface area contributed by atoms with Crippen LogP contribution in [0.1, 0.15) is 31.2 Å². The number of hydrogen-bond donors (Lipinski definition) is 0. The Morgan fingerprint density at radius 1 is 0.935 bits per heavy atom. The van der Waals surface area contributed by atoms with E-state index in [4.69, 9.17) is 9.72 Å². The van der Waals surface area contributed by atoms with Crippen LogP contribution in [0, 0.1) is 0 Å². The van der Waals surface area contributed by atoms with Crippen LogP contribution in [0.4, 0.5) is 0 Å². The molecule has 1 aromatic heterocycles. The molecule has 0 unspecified atom stereocenters. The fourth-order valence-corrected chi connectivity index (χ4v) is 5.46. The second-order valence-corrected chi connectivity index (χ2v) is 8.72. The molecule has 0 aliphatic carbocycles. The molecule has 1 saturated heterocycles. The third-order valence-electron chi connectivity index (χ3n) is 7.17. The van der Waals surface area contributed by atoms with E-state index in [2.05, 4.69) is 82.1 Å². The SMILES string of the molecule is CCN1CCn2c(-c3ccccc3)cnc2C12CCN(Cc1ccc(OC)cc1)CC2. The molecule has 5 rings (SSSR count). The van der Waals surface area contributed by atoms with E-state index in [-0.39, 0.29) is 5.54 Å². The number of imidazole rings is 1. The predicted octanol–water partition coefficient (Wildman–Crippen LogP) is 4.39. The van der Waals surface area contributed by atoms with Gasteiger partial charge in [-0.2, -0.15) is 0 Å². The molecular formula is C26H32N4O. The number of ether oxygens (including phenoxy) is 1. The second-order valence-electron chi connectivity index (χ2n) is 8.72. The number of rotatable bonds is 5. The molecule has 0 amide bonds. The molecule has 0 bridgehead atoms. The molecule has 162 valence electrons. The number of fused-ring (bicyclic) bond motifs is 2. The van der Waals surface area contributed by atoms with Crippen LogP contribution in [-0.2, 0) is 18.6 Å². The Hall–Kier alpha value is -2.63. The van der Waals surface area contributed by atoms with E-state index < -0.39 is 0 Å². The molecule has 1 fully saturated rings. The van der Waals surface area contributed by atoms with Gasteiger partial charge in [0.25, 0.3) is 0 Å². The summed E-state index contributed by atoms with van der Waals surface area (Å²) in [6, 6.07) is 19.2. The molecular weight excluding hydrogens is 384 g/mol. The van der Waals surface area contributed by atoms with Gasteiger partial charge in [-0.05, 0) is 42.6 Å². The van der Waals surface area contributed by atoms with Crippen molar-refractivity contribution in [1.82, 2.24) is 19.4 Å². The number of likely N-dealkylation sites (N-methyl/N-ethyl adjacent to an activating group) is 1. The zero-order chi connectivity index (χ0) is 21.3. The summed E-state index contributed by atoms with van der Waals surface area (Å²) in [4.78, 5) is 10.3. The van der Waals surface area contributed by atoms with Gasteiger partial charge in [0, 0.05) is 32.7 Å². The van der Waals surface area contributed by atoms with E-state index in [0.29, 0.717) is 0 Å². The van der Waals surface area contributed by atoms with Gasteiger partial charge in [-0.1, -0.05) is 49.4 Å². The van der Waals surface area contributed by atoms with Crippen LogP contribution in [0.2, 0.25) is 0 Å². The molecule has 5 heteroatoms. The highest BCUT2D eigenvalue weighted by Crippen LogP contribution is 2.42. The van der Waals surface area contributed by atoms with Crippen LogP contribution in [0.15, 0.2) is 60.8 Å². The van der Waals surface area contributed by atoms with Crippen LogP contribution in [0.3, 0.4) is 0 Å². The van der Waals surface area contributed by atoms with E-state index in [1.54, 1.807) is 7.11 Å². The summed E-state index contributed by atoms with van der Waals surface area (Å²) in [5.41, 5.74) is 3.92. The minimum Gasteiger partial charge on any atom is -0.497 e. The molecule has 31 heavy (non-hydrogen) atoms. The number of likely N-dealkylation sites (tertiary alicyclic amines) is 1. The monoisotopic (exact) mass is 416 g/mol. The summed E-state index contributed by atoms with van der Waals surface area (Å²) in [5, 5.41) is 0. The first-order valence-electron chi connectivity index (χ1n) is 11.5. The van der Waals surface area contributed by atoms with Crippen molar-refractivity contribution in [3.05, 3.63) is 72.2 Å². The van der Waals surface area contributed by atoms with Crippen LogP contribution >= 0.6 is 0 Å². The Kier molecular flexibility index (Phi) is 5.55. The molecule has 2 aliphatic heterocycles. The van der Waals surface area contributed by atoms with Crippen LogP contribution in [0.25, 0.3) is 11.3 Å². The van der Waals surface area contributed by atoms with Gasteiger partial charge in [-0.25, -0.2) is 4.98 Å². The Morgan fingerprint density at radius 3 is 2.35 bits per heavy atom. The maximum absolute atomic E-state index is 5.30.